The van der Waals surface area contributed by atoms with Crippen molar-refractivity contribution in [1.29, 1.82) is 0 Å². The van der Waals surface area contributed by atoms with E-state index in [0.717, 1.165) is 13.0 Å². The first-order valence-electron chi connectivity index (χ1n) is 8.95. The van der Waals surface area contributed by atoms with E-state index in [-0.39, 0.29) is 18.4 Å². The molecule has 1 aliphatic heterocycles. The second-order valence-electron chi connectivity index (χ2n) is 6.63. The van der Waals surface area contributed by atoms with Gasteiger partial charge < -0.3 is 14.5 Å². The number of aromatic nitrogens is 2. The molecule has 0 spiro atoms. The summed E-state index contributed by atoms with van der Waals surface area (Å²) in [5, 5.41) is 13.7. The topological polar surface area (TPSA) is 79.5 Å². The largest absolute Gasteiger partial charge is 0.396 e. The first-order chi connectivity index (χ1) is 12.7. The number of rotatable bonds is 7. The third-order valence-corrected chi connectivity index (χ3v) is 5.43. The minimum absolute atomic E-state index is 0.0756. The predicted octanol–water partition coefficient (Wildman–Crippen LogP) is 2.49. The average Bonchev–Trinajstić information content (AvgIpc) is 3.14. The molecule has 1 amide bonds. The molecule has 140 valence electrons. The highest BCUT2D eigenvalue weighted by Gasteiger charge is 2.31. The van der Waals surface area contributed by atoms with Crippen LogP contribution in [0, 0.1) is 5.92 Å². The van der Waals surface area contributed by atoms with Gasteiger partial charge in [0.05, 0.1) is 5.75 Å². The van der Waals surface area contributed by atoms with Crippen molar-refractivity contribution in [2.45, 2.75) is 30.9 Å². The van der Waals surface area contributed by atoms with E-state index < -0.39 is 0 Å². The third kappa shape index (κ3) is 4.65. The average molecular weight is 375 g/mol. The second-order valence-corrected chi connectivity index (χ2v) is 7.49. The van der Waals surface area contributed by atoms with Crippen LogP contribution in [-0.2, 0) is 17.0 Å². The summed E-state index contributed by atoms with van der Waals surface area (Å²) in [6.45, 7) is 1.40. The zero-order valence-corrected chi connectivity index (χ0v) is 15.8. The lowest BCUT2D eigenvalue weighted by atomic mass is 9.81. The maximum absolute atomic E-state index is 12.6. The Hall–Kier alpha value is -1.86. The van der Waals surface area contributed by atoms with Crippen LogP contribution in [0.1, 0.15) is 36.0 Å². The smallest absolute Gasteiger partial charge is 0.227 e. The molecule has 26 heavy (non-hydrogen) atoms. The van der Waals surface area contributed by atoms with Crippen LogP contribution < -0.4 is 0 Å². The summed E-state index contributed by atoms with van der Waals surface area (Å²) in [4.78, 5) is 18.7. The van der Waals surface area contributed by atoms with E-state index in [1.165, 1.54) is 5.56 Å². The Bertz CT molecular complexity index is 707. The van der Waals surface area contributed by atoms with Gasteiger partial charge in [0.15, 0.2) is 5.82 Å². The van der Waals surface area contributed by atoms with Crippen molar-refractivity contribution in [3.8, 4) is 0 Å². The van der Waals surface area contributed by atoms with Gasteiger partial charge in [0.1, 0.15) is 0 Å². The SMILES string of the molecule is CSCc1noc(CCC(=O)N2CC[C@H](c3ccccc3)[C@H](CO)C2)n1. The number of hydrogen-bond acceptors (Lipinski definition) is 6. The van der Waals surface area contributed by atoms with Crippen LogP contribution in [0.3, 0.4) is 0 Å². The predicted molar refractivity (Wildman–Crippen MR) is 101 cm³/mol. The number of benzene rings is 1. The number of carbonyl (C=O) groups is 1. The molecule has 2 heterocycles. The van der Waals surface area contributed by atoms with Gasteiger partial charge >= 0.3 is 0 Å². The number of aryl methyl sites for hydroxylation is 1. The molecular weight excluding hydrogens is 350 g/mol. The van der Waals surface area contributed by atoms with Gasteiger partial charge in [0.25, 0.3) is 0 Å². The molecule has 0 bridgehead atoms. The van der Waals surface area contributed by atoms with E-state index >= 15 is 0 Å². The molecule has 1 N–H and O–H groups in total. The number of carbonyl (C=O) groups excluding carboxylic acids is 1. The summed E-state index contributed by atoms with van der Waals surface area (Å²) in [7, 11) is 0. The highest BCUT2D eigenvalue weighted by molar-refractivity contribution is 7.97. The lowest BCUT2D eigenvalue weighted by Gasteiger charge is -2.38. The fourth-order valence-electron chi connectivity index (χ4n) is 3.53. The summed E-state index contributed by atoms with van der Waals surface area (Å²) in [5.41, 5.74) is 1.24. The van der Waals surface area contributed by atoms with Crippen LogP contribution in [0.4, 0.5) is 0 Å². The van der Waals surface area contributed by atoms with Crippen molar-refractivity contribution in [1.82, 2.24) is 15.0 Å². The van der Waals surface area contributed by atoms with Gasteiger partial charge in [0.2, 0.25) is 11.8 Å². The van der Waals surface area contributed by atoms with Gasteiger partial charge in [-0.1, -0.05) is 35.5 Å². The molecule has 0 saturated carbocycles. The first kappa shape index (κ1) is 18.9. The van der Waals surface area contributed by atoms with Crippen LogP contribution in [0.15, 0.2) is 34.9 Å². The molecule has 0 radical (unpaired) electrons. The quantitative estimate of drug-likeness (QED) is 0.801. The Balaban J connectivity index is 1.54. The van der Waals surface area contributed by atoms with E-state index in [9.17, 15) is 9.90 Å². The van der Waals surface area contributed by atoms with Crippen LogP contribution in [0.25, 0.3) is 0 Å². The van der Waals surface area contributed by atoms with Gasteiger partial charge in [-0.25, -0.2) is 0 Å². The maximum Gasteiger partial charge on any atom is 0.227 e. The minimum atomic E-state index is 0.0756. The number of likely N-dealkylation sites (tertiary alicyclic amines) is 1. The monoisotopic (exact) mass is 375 g/mol. The van der Waals surface area contributed by atoms with E-state index in [1.807, 2.05) is 29.4 Å². The van der Waals surface area contributed by atoms with Crippen molar-refractivity contribution >= 4 is 17.7 Å². The van der Waals surface area contributed by atoms with Crippen molar-refractivity contribution in [2.24, 2.45) is 5.92 Å². The second kappa shape index (κ2) is 9.19. The van der Waals surface area contributed by atoms with Gasteiger partial charge in [-0.05, 0) is 24.2 Å². The molecule has 1 saturated heterocycles. The number of piperidine rings is 1. The van der Waals surface area contributed by atoms with Crippen molar-refractivity contribution in [2.75, 3.05) is 26.0 Å². The molecule has 2 aromatic rings. The lowest BCUT2D eigenvalue weighted by molar-refractivity contribution is -0.133. The maximum atomic E-state index is 12.6. The van der Waals surface area contributed by atoms with Crippen molar-refractivity contribution in [3.63, 3.8) is 0 Å². The van der Waals surface area contributed by atoms with Gasteiger partial charge in [-0.2, -0.15) is 16.7 Å². The van der Waals surface area contributed by atoms with Gasteiger partial charge in [-0.3, -0.25) is 4.79 Å². The number of nitrogens with zero attached hydrogens (tertiary/aromatic N) is 3. The Labute approximate surface area is 158 Å². The summed E-state index contributed by atoms with van der Waals surface area (Å²) < 4.78 is 5.19. The molecule has 1 aromatic carbocycles. The summed E-state index contributed by atoms with van der Waals surface area (Å²) in [6.07, 6.45) is 3.67. The summed E-state index contributed by atoms with van der Waals surface area (Å²) in [5.74, 6) is 2.36. The minimum Gasteiger partial charge on any atom is -0.396 e. The van der Waals surface area contributed by atoms with Gasteiger partial charge in [-0.15, -0.1) is 0 Å². The van der Waals surface area contributed by atoms with E-state index in [1.54, 1.807) is 11.8 Å². The van der Waals surface area contributed by atoms with Crippen molar-refractivity contribution in [3.05, 3.63) is 47.6 Å². The molecule has 3 rings (SSSR count). The summed E-state index contributed by atoms with van der Waals surface area (Å²) >= 11 is 1.63. The fraction of sp³-hybridized carbons (Fsp3) is 0.526. The molecule has 2 atom stereocenters. The molecule has 1 fully saturated rings. The Kier molecular flexibility index (Phi) is 6.68. The van der Waals surface area contributed by atoms with Crippen LogP contribution in [-0.4, -0.2) is 52.0 Å². The Morgan fingerprint density at radius 1 is 1.38 bits per heavy atom. The normalized spacial score (nSPS) is 20.3. The Morgan fingerprint density at radius 2 is 2.19 bits per heavy atom. The molecular formula is C19H25N3O3S. The van der Waals surface area contributed by atoms with E-state index in [4.69, 9.17) is 4.52 Å². The lowest BCUT2D eigenvalue weighted by Crippen LogP contribution is -2.44. The van der Waals surface area contributed by atoms with E-state index in [2.05, 4.69) is 22.3 Å². The standard InChI is InChI=1S/C19H25N3O3S/c1-26-13-17-20-18(25-21-17)7-8-19(24)22-10-9-16(15(11-22)12-23)14-5-3-2-4-6-14/h2-6,15-16,23H,7-13H2,1H3/t15-,16+/m0/s1. The highest BCUT2D eigenvalue weighted by atomic mass is 32.2. The molecule has 1 aliphatic rings. The number of aliphatic hydroxyl groups is 1. The molecule has 6 nitrogen and oxygen atoms in total. The number of aliphatic hydroxyl groups excluding tert-OH is 1. The molecule has 0 aliphatic carbocycles. The zero-order chi connectivity index (χ0) is 18.4. The first-order valence-corrected chi connectivity index (χ1v) is 10.3. The highest BCUT2D eigenvalue weighted by Crippen LogP contribution is 2.33. The van der Waals surface area contributed by atoms with E-state index in [0.29, 0.717) is 42.8 Å². The van der Waals surface area contributed by atoms with Gasteiger partial charge in [0, 0.05) is 38.5 Å². The molecule has 1 aromatic heterocycles. The number of hydrogen-bond donors (Lipinski definition) is 1. The van der Waals surface area contributed by atoms with Crippen LogP contribution >= 0.6 is 11.8 Å². The van der Waals surface area contributed by atoms with Crippen molar-refractivity contribution < 1.29 is 14.4 Å². The third-order valence-electron chi connectivity index (χ3n) is 4.89. The van der Waals surface area contributed by atoms with Crippen LogP contribution in [0.5, 0.6) is 0 Å². The van der Waals surface area contributed by atoms with Crippen LogP contribution in [0.2, 0.25) is 0 Å². The fourth-order valence-corrected chi connectivity index (χ4v) is 3.91. The summed E-state index contributed by atoms with van der Waals surface area (Å²) in [6, 6.07) is 10.3. The molecule has 7 heteroatoms. The molecule has 0 unspecified atom stereocenters. The zero-order valence-electron chi connectivity index (χ0n) is 15.0. The Morgan fingerprint density at radius 3 is 2.92 bits per heavy atom. The number of thioether (sulfide) groups is 1. The number of amides is 1.